The molecule has 1 rings (SSSR count). The van der Waals surface area contributed by atoms with E-state index in [0.29, 0.717) is 11.1 Å². The standard InChI is InChI=1S/C17H20O4/c1-6-16(4)11-14(18)10-13(3)17(16,20)8-7-12(2)9-15(19)21-5/h1,7-10,20H,11H2,2-5H3/b8-7+,12-9-. The summed E-state index contributed by atoms with van der Waals surface area (Å²) in [6.07, 6.45) is 11.4. The highest BCUT2D eigenvalue weighted by Crippen LogP contribution is 2.44. The van der Waals surface area contributed by atoms with Crippen molar-refractivity contribution in [2.24, 2.45) is 5.41 Å². The van der Waals surface area contributed by atoms with E-state index in [4.69, 9.17) is 6.42 Å². The number of ether oxygens (including phenoxy) is 1. The van der Waals surface area contributed by atoms with Crippen LogP contribution in [0.3, 0.4) is 0 Å². The molecule has 1 N–H and O–H groups in total. The van der Waals surface area contributed by atoms with Crippen LogP contribution in [0.4, 0.5) is 0 Å². The van der Waals surface area contributed by atoms with Crippen molar-refractivity contribution in [2.75, 3.05) is 7.11 Å². The summed E-state index contributed by atoms with van der Waals surface area (Å²) in [4.78, 5) is 22.8. The zero-order valence-corrected chi connectivity index (χ0v) is 12.8. The van der Waals surface area contributed by atoms with Crippen molar-refractivity contribution < 1.29 is 19.4 Å². The molecule has 0 aromatic rings. The molecule has 112 valence electrons. The summed E-state index contributed by atoms with van der Waals surface area (Å²) in [5.74, 6) is 1.95. The summed E-state index contributed by atoms with van der Waals surface area (Å²) >= 11 is 0. The topological polar surface area (TPSA) is 63.6 Å². The van der Waals surface area contributed by atoms with Crippen LogP contribution in [0, 0.1) is 17.8 Å². The third-order valence-corrected chi connectivity index (χ3v) is 3.80. The highest BCUT2D eigenvalue weighted by atomic mass is 16.5. The van der Waals surface area contributed by atoms with Gasteiger partial charge in [0.05, 0.1) is 12.5 Å². The highest BCUT2D eigenvalue weighted by molar-refractivity contribution is 5.93. The van der Waals surface area contributed by atoms with Gasteiger partial charge in [-0.15, -0.1) is 6.42 Å². The summed E-state index contributed by atoms with van der Waals surface area (Å²) in [6, 6.07) is 0. The normalized spacial score (nSPS) is 30.0. The molecule has 0 saturated carbocycles. The molecule has 2 atom stereocenters. The number of aliphatic hydroxyl groups is 1. The first-order chi connectivity index (χ1) is 9.68. The zero-order chi connectivity index (χ0) is 16.3. The lowest BCUT2D eigenvalue weighted by molar-refractivity contribution is -0.134. The molecule has 1 aliphatic rings. The fourth-order valence-corrected chi connectivity index (χ4v) is 2.34. The van der Waals surface area contributed by atoms with Gasteiger partial charge in [-0.2, -0.15) is 0 Å². The van der Waals surface area contributed by atoms with Gasteiger partial charge in [0.15, 0.2) is 5.78 Å². The van der Waals surface area contributed by atoms with Crippen molar-refractivity contribution in [1.82, 2.24) is 0 Å². The minimum absolute atomic E-state index is 0.0709. The van der Waals surface area contributed by atoms with Gasteiger partial charge >= 0.3 is 5.97 Å². The smallest absolute Gasteiger partial charge is 0.330 e. The number of terminal acetylenes is 1. The number of carbonyl (C=O) groups is 2. The number of ketones is 1. The summed E-state index contributed by atoms with van der Waals surface area (Å²) < 4.78 is 4.54. The van der Waals surface area contributed by atoms with E-state index < -0.39 is 17.0 Å². The number of rotatable bonds is 3. The lowest BCUT2D eigenvalue weighted by atomic mass is 9.64. The molecule has 1 aliphatic carbocycles. The molecule has 21 heavy (non-hydrogen) atoms. The number of hydrogen-bond donors (Lipinski definition) is 1. The molecule has 0 spiro atoms. The van der Waals surface area contributed by atoms with Gasteiger partial charge in [-0.25, -0.2) is 4.79 Å². The van der Waals surface area contributed by atoms with Gasteiger partial charge < -0.3 is 9.84 Å². The maximum atomic E-state index is 11.7. The second-order valence-corrected chi connectivity index (χ2v) is 5.46. The average molecular weight is 288 g/mol. The van der Waals surface area contributed by atoms with Gasteiger partial charge in [-0.1, -0.05) is 12.0 Å². The second kappa shape index (κ2) is 6.11. The molecular formula is C17H20O4. The van der Waals surface area contributed by atoms with Crippen molar-refractivity contribution in [2.45, 2.75) is 32.8 Å². The number of allylic oxidation sites excluding steroid dienone is 3. The fraction of sp³-hybridized carbons (Fsp3) is 0.412. The third kappa shape index (κ3) is 3.32. The number of esters is 1. The first-order valence-electron chi connectivity index (χ1n) is 6.56. The second-order valence-electron chi connectivity index (χ2n) is 5.46. The van der Waals surface area contributed by atoms with Crippen LogP contribution in [0.25, 0.3) is 0 Å². The third-order valence-electron chi connectivity index (χ3n) is 3.80. The Morgan fingerprint density at radius 1 is 1.57 bits per heavy atom. The summed E-state index contributed by atoms with van der Waals surface area (Å²) in [6.45, 7) is 5.04. The molecule has 0 aromatic heterocycles. The SMILES string of the molecule is C#CC1(C)CC(=O)C=C(C)C1(O)/C=C/C(C)=C\C(=O)OC. The molecule has 0 amide bonds. The zero-order valence-electron chi connectivity index (χ0n) is 12.8. The van der Waals surface area contributed by atoms with Crippen LogP contribution in [0.5, 0.6) is 0 Å². The van der Waals surface area contributed by atoms with E-state index in [-0.39, 0.29) is 12.2 Å². The van der Waals surface area contributed by atoms with Gasteiger partial charge in [-0.3, -0.25) is 4.79 Å². The van der Waals surface area contributed by atoms with Gasteiger partial charge in [0, 0.05) is 12.5 Å². The van der Waals surface area contributed by atoms with Crippen molar-refractivity contribution in [1.29, 1.82) is 0 Å². The number of hydrogen-bond acceptors (Lipinski definition) is 4. The van der Waals surface area contributed by atoms with Crippen LogP contribution in [0.2, 0.25) is 0 Å². The van der Waals surface area contributed by atoms with E-state index in [9.17, 15) is 14.7 Å². The summed E-state index contributed by atoms with van der Waals surface area (Å²) in [7, 11) is 1.29. The van der Waals surface area contributed by atoms with Crippen LogP contribution >= 0.6 is 0 Å². The van der Waals surface area contributed by atoms with Crippen LogP contribution in [0.1, 0.15) is 27.2 Å². The average Bonchev–Trinajstić information content (AvgIpc) is 2.42. The molecule has 0 radical (unpaired) electrons. The molecule has 0 bridgehead atoms. The Morgan fingerprint density at radius 3 is 2.71 bits per heavy atom. The van der Waals surface area contributed by atoms with E-state index in [0.717, 1.165) is 0 Å². The predicted molar refractivity (Wildman–Crippen MR) is 80.2 cm³/mol. The van der Waals surface area contributed by atoms with E-state index in [1.54, 1.807) is 26.8 Å². The highest BCUT2D eigenvalue weighted by Gasteiger charge is 2.49. The van der Waals surface area contributed by atoms with E-state index in [2.05, 4.69) is 10.7 Å². The van der Waals surface area contributed by atoms with E-state index in [1.807, 2.05) is 0 Å². The Labute approximate surface area is 125 Å². The monoisotopic (exact) mass is 288 g/mol. The molecule has 0 aliphatic heterocycles. The van der Waals surface area contributed by atoms with Gasteiger partial charge in [-0.05, 0) is 44.1 Å². The summed E-state index contributed by atoms with van der Waals surface area (Å²) in [5, 5.41) is 10.9. The molecule has 0 aromatic carbocycles. The Kier molecular flexibility index (Phi) is 4.93. The molecule has 4 heteroatoms. The lowest BCUT2D eigenvalue weighted by Gasteiger charge is -2.42. The minimum atomic E-state index is -1.43. The number of carbonyl (C=O) groups excluding carboxylic acids is 2. The molecule has 0 fully saturated rings. The quantitative estimate of drug-likeness (QED) is 0.373. The van der Waals surface area contributed by atoms with Crippen molar-refractivity contribution in [3.8, 4) is 12.3 Å². The Balaban J connectivity index is 3.21. The predicted octanol–water partition coefficient (Wildman–Crippen LogP) is 1.95. The number of methoxy groups -OCH3 is 1. The Bertz CT molecular complexity index is 588. The first kappa shape index (κ1) is 16.9. The van der Waals surface area contributed by atoms with E-state index in [1.165, 1.54) is 25.3 Å². The fourth-order valence-electron chi connectivity index (χ4n) is 2.34. The van der Waals surface area contributed by atoms with Crippen LogP contribution in [0.15, 0.2) is 35.5 Å². The van der Waals surface area contributed by atoms with Crippen molar-refractivity contribution in [3.05, 3.63) is 35.5 Å². The van der Waals surface area contributed by atoms with Crippen molar-refractivity contribution >= 4 is 11.8 Å². The van der Waals surface area contributed by atoms with Crippen LogP contribution in [-0.4, -0.2) is 29.6 Å². The first-order valence-corrected chi connectivity index (χ1v) is 6.56. The van der Waals surface area contributed by atoms with E-state index >= 15 is 0 Å². The molecule has 0 heterocycles. The van der Waals surface area contributed by atoms with Gasteiger partial charge in [0.2, 0.25) is 0 Å². The summed E-state index contributed by atoms with van der Waals surface area (Å²) in [5.41, 5.74) is -1.35. The van der Waals surface area contributed by atoms with Crippen molar-refractivity contribution in [3.63, 3.8) is 0 Å². The van der Waals surface area contributed by atoms with Crippen LogP contribution in [-0.2, 0) is 14.3 Å². The maximum Gasteiger partial charge on any atom is 0.330 e. The molecule has 4 nitrogen and oxygen atoms in total. The Morgan fingerprint density at radius 2 is 2.19 bits per heavy atom. The lowest BCUT2D eigenvalue weighted by Crippen LogP contribution is -2.49. The Hall–Kier alpha value is -2.12. The minimum Gasteiger partial charge on any atom is -0.466 e. The molecule has 2 unspecified atom stereocenters. The largest absolute Gasteiger partial charge is 0.466 e. The van der Waals surface area contributed by atoms with Gasteiger partial charge in [0.25, 0.3) is 0 Å². The molecule has 0 saturated heterocycles. The molecular weight excluding hydrogens is 268 g/mol. The van der Waals surface area contributed by atoms with Crippen LogP contribution < -0.4 is 0 Å². The van der Waals surface area contributed by atoms with Gasteiger partial charge in [0.1, 0.15) is 5.60 Å². The maximum absolute atomic E-state index is 11.7.